The van der Waals surface area contributed by atoms with Gasteiger partial charge in [-0.1, -0.05) is 0 Å². The average Bonchev–Trinajstić information content (AvgIpc) is 3.29. The van der Waals surface area contributed by atoms with E-state index in [1.165, 1.54) is 0 Å². The van der Waals surface area contributed by atoms with Crippen molar-refractivity contribution in [3.8, 4) is 5.69 Å². The van der Waals surface area contributed by atoms with Crippen molar-refractivity contribution in [3.05, 3.63) is 59.7 Å². The van der Waals surface area contributed by atoms with Crippen molar-refractivity contribution >= 4 is 17.5 Å². The summed E-state index contributed by atoms with van der Waals surface area (Å²) in [4.78, 5) is 24.1. The van der Waals surface area contributed by atoms with Crippen LogP contribution in [0.5, 0.6) is 0 Å². The Kier molecular flexibility index (Phi) is 5.88. The van der Waals surface area contributed by atoms with Crippen molar-refractivity contribution in [1.82, 2.24) is 24.9 Å². The Morgan fingerprint density at radius 1 is 1.11 bits per heavy atom. The second-order valence-electron chi connectivity index (χ2n) is 6.60. The maximum Gasteiger partial charge on any atom is 0.243 e. The van der Waals surface area contributed by atoms with Gasteiger partial charge in [-0.25, -0.2) is 4.68 Å². The maximum absolute atomic E-state index is 12.1. The molecule has 0 spiro atoms. The minimum Gasteiger partial charge on any atom is -0.347 e. The van der Waals surface area contributed by atoms with Crippen LogP contribution < -0.4 is 10.6 Å². The number of rotatable bonds is 7. The van der Waals surface area contributed by atoms with Gasteiger partial charge in [0.1, 0.15) is 0 Å². The number of amides is 2. The summed E-state index contributed by atoms with van der Waals surface area (Å²) in [5.41, 5.74) is 4.64. The van der Waals surface area contributed by atoms with Crippen LogP contribution in [0.2, 0.25) is 0 Å². The number of benzene rings is 1. The fraction of sp³-hybridized carbons (Fsp3) is 0.300. The summed E-state index contributed by atoms with van der Waals surface area (Å²) in [6, 6.07) is 9.16. The van der Waals surface area contributed by atoms with Crippen LogP contribution in [0.4, 0.5) is 5.69 Å². The predicted octanol–water partition coefficient (Wildman–Crippen LogP) is 1.91. The van der Waals surface area contributed by atoms with E-state index in [4.69, 9.17) is 0 Å². The SMILES string of the molecule is Cc1nn(C)c(C)c1CCC(=O)NCC(=O)Nc1ccc(-n2cccn2)cc1. The summed E-state index contributed by atoms with van der Waals surface area (Å²) < 4.78 is 3.55. The van der Waals surface area contributed by atoms with E-state index in [0.717, 1.165) is 22.6 Å². The van der Waals surface area contributed by atoms with Gasteiger partial charge < -0.3 is 10.6 Å². The Morgan fingerprint density at radius 3 is 2.46 bits per heavy atom. The van der Waals surface area contributed by atoms with E-state index in [9.17, 15) is 9.59 Å². The van der Waals surface area contributed by atoms with Crippen molar-refractivity contribution in [2.24, 2.45) is 7.05 Å². The number of aromatic nitrogens is 4. The minimum atomic E-state index is -0.270. The molecule has 3 aromatic rings. The number of hydrogen-bond acceptors (Lipinski definition) is 4. The van der Waals surface area contributed by atoms with Crippen LogP contribution >= 0.6 is 0 Å². The second-order valence-corrected chi connectivity index (χ2v) is 6.60. The quantitative estimate of drug-likeness (QED) is 0.655. The molecule has 3 rings (SSSR count). The van der Waals surface area contributed by atoms with Gasteiger partial charge in [-0.2, -0.15) is 10.2 Å². The number of nitrogens with zero attached hydrogens (tertiary/aromatic N) is 4. The largest absolute Gasteiger partial charge is 0.347 e. The van der Waals surface area contributed by atoms with Gasteiger partial charge in [0.15, 0.2) is 0 Å². The molecule has 0 aliphatic heterocycles. The summed E-state index contributed by atoms with van der Waals surface area (Å²) in [6.07, 6.45) is 4.47. The van der Waals surface area contributed by atoms with Crippen molar-refractivity contribution in [3.63, 3.8) is 0 Å². The maximum atomic E-state index is 12.1. The molecule has 0 unspecified atom stereocenters. The van der Waals surface area contributed by atoms with E-state index >= 15 is 0 Å². The molecule has 0 aliphatic carbocycles. The molecule has 8 nitrogen and oxygen atoms in total. The van der Waals surface area contributed by atoms with Crippen molar-refractivity contribution in [2.45, 2.75) is 26.7 Å². The number of nitrogens with one attached hydrogen (secondary N) is 2. The molecule has 28 heavy (non-hydrogen) atoms. The van der Waals surface area contributed by atoms with Crippen molar-refractivity contribution in [1.29, 1.82) is 0 Å². The average molecular weight is 380 g/mol. The normalized spacial score (nSPS) is 10.7. The highest BCUT2D eigenvalue weighted by atomic mass is 16.2. The fourth-order valence-corrected chi connectivity index (χ4v) is 3.01. The number of anilines is 1. The first-order valence-electron chi connectivity index (χ1n) is 9.09. The highest BCUT2D eigenvalue weighted by Gasteiger charge is 2.12. The molecule has 2 heterocycles. The molecular weight excluding hydrogens is 356 g/mol. The first-order valence-corrected chi connectivity index (χ1v) is 9.09. The van der Waals surface area contributed by atoms with Crippen molar-refractivity contribution < 1.29 is 9.59 Å². The van der Waals surface area contributed by atoms with Crippen LogP contribution in [0.15, 0.2) is 42.7 Å². The molecule has 0 radical (unpaired) electrons. The van der Waals surface area contributed by atoms with Crippen LogP contribution in [0.3, 0.4) is 0 Å². The van der Waals surface area contributed by atoms with E-state index in [-0.39, 0.29) is 18.4 Å². The van der Waals surface area contributed by atoms with E-state index < -0.39 is 0 Å². The zero-order chi connectivity index (χ0) is 20.1. The van der Waals surface area contributed by atoms with Crippen molar-refractivity contribution in [2.75, 3.05) is 11.9 Å². The van der Waals surface area contributed by atoms with Crippen LogP contribution in [0.1, 0.15) is 23.4 Å². The monoisotopic (exact) mass is 380 g/mol. The zero-order valence-corrected chi connectivity index (χ0v) is 16.3. The first kappa shape index (κ1) is 19.3. The topological polar surface area (TPSA) is 93.8 Å². The van der Waals surface area contributed by atoms with Gasteiger partial charge in [-0.15, -0.1) is 0 Å². The van der Waals surface area contributed by atoms with Crippen LogP contribution in [0, 0.1) is 13.8 Å². The van der Waals surface area contributed by atoms with Gasteiger partial charge in [0.05, 0.1) is 17.9 Å². The lowest BCUT2D eigenvalue weighted by Crippen LogP contribution is -2.33. The standard InChI is InChI=1S/C20H24N6O2/c1-14-18(15(2)25(3)24-14)9-10-19(27)21-13-20(28)23-16-5-7-17(8-6-16)26-12-4-11-22-26/h4-8,11-12H,9-10,13H2,1-3H3,(H,21,27)(H,23,28). The Bertz CT molecular complexity index is 958. The van der Waals surface area contributed by atoms with E-state index in [0.29, 0.717) is 18.5 Å². The highest BCUT2D eigenvalue weighted by Crippen LogP contribution is 2.14. The third-order valence-electron chi connectivity index (χ3n) is 4.63. The molecule has 0 fully saturated rings. The molecule has 0 atom stereocenters. The number of hydrogen-bond donors (Lipinski definition) is 2. The van der Waals surface area contributed by atoms with Crippen LogP contribution in [0.25, 0.3) is 5.69 Å². The lowest BCUT2D eigenvalue weighted by molar-refractivity contribution is -0.124. The van der Waals surface area contributed by atoms with Gasteiger partial charge in [0, 0.05) is 37.2 Å². The van der Waals surface area contributed by atoms with Gasteiger partial charge in [-0.3, -0.25) is 14.3 Å². The Labute approximate surface area is 163 Å². The van der Waals surface area contributed by atoms with Gasteiger partial charge in [0.2, 0.25) is 11.8 Å². The summed E-state index contributed by atoms with van der Waals surface area (Å²) in [5, 5.41) is 13.9. The summed E-state index contributed by atoms with van der Waals surface area (Å²) in [6.45, 7) is 3.86. The molecule has 2 amide bonds. The second kappa shape index (κ2) is 8.51. The molecular formula is C20H24N6O2. The van der Waals surface area contributed by atoms with Gasteiger partial charge >= 0.3 is 0 Å². The smallest absolute Gasteiger partial charge is 0.243 e. The zero-order valence-electron chi connectivity index (χ0n) is 16.3. The predicted molar refractivity (Wildman–Crippen MR) is 106 cm³/mol. The molecule has 146 valence electrons. The molecule has 0 saturated heterocycles. The number of carbonyl (C=O) groups is 2. The Morgan fingerprint density at radius 2 is 1.86 bits per heavy atom. The van der Waals surface area contributed by atoms with Crippen LogP contribution in [-0.4, -0.2) is 37.9 Å². The lowest BCUT2D eigenvalue weighted by atomic mass is 10.1. The highest BCUT2D eigenvalue weighted by molar-refractivity contribution is 5.94. The van der Waals surface area contributed by atoms with Gasteiger partial charge in [-0.05, 0) is 56.2 Å². The number of carbonyl (C=O) groups excluding carboxylic acids is 2. The van der Waals surface area contributed by atoms with Crippen LogP contribution in [-0.2, 0) is 23.1 Å². The summed E-state index contributed by atoms with van der Waals surface area (Å²) in [7, 11) is 1.89. The molecule has 2 aromatic heterocycles. The molecule has 8 heteroatoms. The molecule has 0 aliphatic rings. The third-order valence-corrected chi connectivity index (χ3v) is 4.63. The first-order chi connectivity index (χ1) is 13.4. The molecule has 0 saturated carbocycles. The molecule has 2 N–H and O–H groups in total. The summed E-state index contributed by atoms with van der Waals surface area (Å²) in [5.74, 6) is -0.430. The van der Waals surface area contributed by atoms with E-state index in [1.54, 1.807) is 23.0 Å². The minimum absolute atomic E-state index is 0.0647. The molecule has 1 aromatic carbocycles. The number of aryl methyl sites for hydroxylation is 2. The Balaban J connectivity index is 1.44. The lowest BCUT2D eigenvalue weighted by Gasteiger charge is -2.08. The van der Waals surface area contributed by atoms with E-state index in [1.807, 2.05) is 50.0 Å². The fourth-order valence-electron chi connectivity index (χ4n) is 3.01. The third kappa shape index (κ3) is 4.64. The molecule has 0 bridgehead atoms. The summed E-state index contributed by atoms with van der Waals surface area (Å²) >= 11 is 0. The van der Waals surface area contributed by atoms with E-state index in [2.05, 4.69) is 20.8 Å². The van der Waals surface area contributed by atoms with Gasteiger partial charge in [0.25, 0.3) is 0 Å². The Hall–Kier alpha value is -3.42.